The van der Waals surface area contributed by atoms with Gasteiger partial charge in [0.1, 0.15) is 5.60 Å². The predicted molar refractivity (Wildman–Crippen MR) is 148 cm³/mol. The Balaban J connectivity index is 2.19. The first-order valence-corrected chi connectivity index (χ1v) is 13.8. The third-order valence-corrected chi connectivity index (χ3v) is 5.40. The minimum atomic E-state index is -0.513. The Morgan fingerprint density at radius 1 is 0.763 bits per heavy atom. The number of ketones is 1. The number of Topliss-reactive ketones (excluding diaryl/α,β-unsaturated/α-hetero) is 1. The van der Waals surface area contributed by atoms with E-state index in [-0.39, 0.29) is 17.8 Å². The Morgan fingerprint density at radius 3 is 1.95 bits per heavy atom. The van der Waals surface area contributed by atoms with Crippen LogP contribution in [0, 0.1) is 5.92 Å². The number of ether oxygens (including phenoxy) is 2. The van der Waals surface area contributed by atoms with Gasteiger partial charge in [-0.2, -0.15) is 0 Å². The van der Waals surface area contributed by atoms with E-state index in [9.17, 15) is 19.2 Å². The fraction of sp³-hybridized carbons (Fsp3) is 0.655. The third-order valence-electron chi connectivity index (χ3n) is 5.40. The van der Waals surface area contributed by atoms with Crippen LogP contribution in [0.5, 0.6) is 0 Å². The van der Waals surface area contributed by atoms with Crippen LogP contribution in [0.3, 0.4) is 0 Å². The van der Waals surface area contributed by atoms with Crippen LogP contribution in [0.2, 0.25) is 0 Å². The van der Waals surface area contributed by atoms with Gasteiger partial charge in [0.2, 0.25) is 0 Å². The van der Waals surface area contributed by atoms with Gasteiger partial charge in [-0.15, -0.1) is 0 Å². The summed E-state index contributed by atoms with van der Waals surface area (Å²) in [6.45, 7) is 11.4. The Labute approximate surface area is 227 Å². The van der Waals surface area contributed by atoms with Crippen molar-refractivity contribution >= 4 is 23.9 Å². The van der Waals surface area contributed by atoms with E-state index in [2.05, 4.69) is 16.0 Å². The first kappa shape index (κ1) is 32.9. The molecule has 0 radical (unpaired) electrons. The highest BCUT2D eigenvalue weighted by Crippen LogP contribution is 2.12. The van der Waals surface area contributed by atoms with E-state index in [0.29, 0.717) is 49.7 Å². The summed E-state index contributed by atoms with van der Waals surface area (Å²) in [6.07, 6.45) is 5.45. The first-order chi connectivity index (χ1) is 18.0. The number of benzene rings is 1. The Bertz CT molecular complexity index is 879. The van der Waals surface area contributed by atoms with Crippen LogP contribution in [-0.4, -0.2) is 55.7 Å². The van der Waals surface area contributed by atoms with Gasteiger partial charge in [0.25, 0.3) is 5.91 Å². The number of carbonyl (C=O) groups excluding carboxylic acids is 4. The third kappa shape index (κ3) is 16.6. The van der Waals surface area contributed by atoms with Gasteiger partial charge in [0.15, 0.2) is 5.78 Å². The zero-order valence-electron chi connectivity index (χ0n) is 23.8. The predicted octanol–water partition coefficient (Wildman–Crippen LogP) is 5.63. The normalized spacial score (nSPS) is 11.1. The molecule has 3 N–H and O–H groups in total. The monoisotopic (exact) mass is 533 g/mol. The fourth-order valence-electron chi connectivity index (χ4n) is 3.46. The zero-order chi connectivity index (χ0) is 28.4. The van der Waals surface area contributed by atoms with Gasteiger partial charge in [0.05, 0.1) is 6.61 Å². The number of amides is 3. The largest absolute Gasteiger partial charge is 0.449 e. The maximum Gasteiger partial charge on any atom is 0.407 e. The molecular formula is C29H47N3O6. The summed E-state index contributed by atoms with van der Waals surface area (Å²) in [5.41, 5.74) is 0.499. The van der Waals surface area contributed by atoms with Crippen molar-refractivity contribution in [1.29, 1.82) is 0 Å². The fourth-order valence-corrected chi connectivity index (χ4v) is 3.46. The van der Waals surface area contributed by atoms with Crippen molar-refractivity contribution in [3.05, 3.63) is 35.4 Å². The highest BCUT2D eigenvalue weighted by Gasteiger charge is 2.15. The molecule has 0 unspecified atom stereocenters. The van der Waals surface area contributed by atoms with Gasteiger partial charge in [-0.1, -0.05) is 38.8 Å². The Hall–Kier alpha value is -3.10. The lowest BCUT2D eigenvalue weighted by Gasteiger charge is -2.19. The second-order valence-corrected chi connectivity index (χ2v) is 10.8. The summed E-state index contributed by atoms with van der Waals surface area (Å²) in [6, 6.07) is 6.82. The maximum absolute atomic E-state index is 12.6. The molecule has 1 rings (SSSR count). The van der Waals surface area contributed by atoms with Gasteiger partial charge >= 0.3 is 12.2 Å². The lowest BCUT2D eigenvalue weighted by Crippen LogP contribution is -2.33. The summed E-state index contributed by atoms with van der Waals surface area (Å²) in [4.78, 5) is 48.2. The molecule has 0 aliphatic rings. The summed E-state index contributed by atoms with van der Waals surface area (Å²) >= 11 is 0. The van der Waals surface area contributed by atoms with Crippen LogP contribution < -0.4 is 16.0 Å². The average molecular weight is 534 g/mol. The molecule has 0 aliphatic heterocycles. The summed E-state index contributed by atoms with van der Waals surface area (Å²) in [5.74, 6) is 0.129. The molecule has 9 nitrogen and oxygen atoms in total. The molecule has 0 heterocycles. The van der Waals surface area contributed by atoms with E-state index >= 15 is 0 Å². The molecule has 0 atom stereocenters. The van der Waals surface area contributed by atoms with E-state index < -0.39 is 11.7 Å². The molecule has 0 aromatic heterocycles. The summed E-state index contributed by atoms with van der Waals surface area (Å²) < 4.78 is 10.2. The molecule has 3 amide bonds. The smallest absolute Gasteiger partial charge is 0.407 e. The van der Waals surface area contributed by atoms with Crippen molar-refractivity contribution in [2.24, 2.45) is 5.92 Å². The quantitative estimate of drug-likeness (QED) is 0.176. The highest BCUT2D eigenvalue weighted by atomic mass is 16.6. The Morgan fingerprint density at radius 2 is 1.32 bits per heavy atom. The molecule has 1 aromatic carbocycles. The molecule has 1 aromatic rings. The van der Waals surface area contributed by atoms with Crippen molar-refractivity contribution < 1.29 is 28.7 Å². The average Bonchev–Trinajstić information content (AvgIpc) is 2.85. The van der Waals surface area contributed by atoms with Gasteiger partial charge in [0, 0.05) is 37.2 Å². The van der Waals surface area contributed by atoms with Gasteiger partial charge in [-0.05, 0) is 70.9 Å². The second-order valence-electron chi connectivity index (χ2n) is 10.8. The highest BCUT2D eigenvalue weighted by molar-refractivity contribution is 6.00. The number of hydrogen-bond donors (Lipinski definition) is 3. The van der Waals surface area contributed by atoms with Crippen LogP contribution in [-0.2, 0) is 9.47 Å². The molecule has 0 saturated heterocycles. The molecule has 0 saturated carbocycles. The molecule has 0 fully saturated rings. The standard InChI is InChI=1S/C29H47N3O6/c1-22(2)21-37-27(35)31-18-10-7-6-9-16-25(33)23-14-13-15-24(20-23)26(34)30-17-11-8-12-19-32-28(36)38-29(3,4)5/h13-15,20,22H,6-12,16-19,21H2,1-5H3,(H,30,34)(H,31,35)(H,32,36). The van der Waals surface area contributed by atoms with Crippen molar-refractivity contribution in [3.8, 4) is 0 Å². The van der Waals surface area contributed by atoms with Crippen molar-refractivity contribution in [2.75, 3.05) is 26.2 Å². The maximum atomic E-state index is 12.6. The van der Waals surface area contributed by atoms with Crippen LogP contribution in [0.4, 0.5) is 9.59 Å². The molecule has 9 heteroatoms. The van der Waals surface area contributed by atoms with E-state index in [1.54, 1.807) is 24.3 Å². The number of rotatable bonds is 17. The van der Waals surface area contributed by atoms with Gasteiger partial charge in [-0.3, -0.25) is 9.59 Å². The minimum absolute atomic E-state index is 0.0209. The number of alkyl carbamates (subject to hydrolysis) is 2. The molecular weight excluding hydrogens is 486 g/mol. The SMILES string of the molecule is CC(C)COC(=O)NCCCCCCC(=O)c1cccc(C(=O)NCCCCCNC(=O)OC(C)(C)C)c1. The van der Waals surface area contributed by atoms with E-state index in [4.69, 9.17) is 9.47 Å². The van der Waals surface area contributed by atoms with Crippen LogP contribution in [0.15, 0.2) is 24.3 Å². The number of carbonyl (C=O) groups is 4. The lowest BCUT2D eigenvalue weighted by molar-refractivity contribution is 0.0526. The summed E-state index contributed by atoms with van der Waals surface area (Å²) in [7, 11) is 0. The Kier molecular flexibility index (Phi) is 15.8. The van der Waals surface area contributed by atoms with Crippen LogP contribution in [0.25, 0.3) is 0 Å². The zero-order valence-corrected chi connectivity index (χ0v) is 23.8. The molecule has 0 spiro atoms. The van der Waals surface area contributed by atoms with E-state index in [1.165, 1.54) is 0 Å². The molecule has 0 aliphatic carbocycles. The van der Waals surface area contributed by atoms with Crippen molar-refractivity contribution in [3.63, 3.8) is 0 Å². The summed E-state index contributed by atoms with van der Waals surface area (Å²) in [5, 5.41) is 8.34. The molecule has 214 valence electrons. The molecule has 38 heavy (non-hydrogen) atoms. The minimum Gasteiger partial charge on any atom is -0.449 e. The molecule has 0 bridgehead atoms. The van der Waals surface area contributed by atoms with Crippen molar-refractivity contribution in [2.45, 2.75) is 91.6 Å². The van der Waals surface area contributed by atoms with Gasteiger partial charge in [-0.25, -0.2) is 9.59 Å². The van der Waals surface area contributed by atoms with Crippen LogP contribution in [0.1, 0.15) is 107 Å². The number of unbranched alkanes of at least 4 members (excludes halogenated alkanes) is 5. The van der Waals surface area contributed by atoms with E-state index in [1.807, 2.05) is 34.6 Å². The van der Waals surface area contributed by atoms with Crippen molar-refractivity contribution in [1.82, 2.24) is 16.0 Å². The second kappa shape index (κ2) is 18.2. The topological polar surface area (TPSA) is 123 Å². The lowest BCUT2D eigenvalue weighted by atomic mass is 10.0. The van der Waals surface area contributed by atoms with Crippen LogP contribution >= 0.6 is 0 Å². The van der Waals surface area contributed by atoms with Gasteiger partial charge < -0.3 is 25.4 Å². The number of hydrogen-bond acceptors (Lipinski definition) is 6. The van der Waals surface area contributed by atoms with E-state index in [0.717, 1.165) is 44.9 Å². The first-order valence-electron chi connectivity index (χ1n) is 13.8. The number of nitrogens with one attached hydrogen (secondary N) is 3.